The second-order valence-corrected chi connectivity index (χ2v) is 7.29. The number of rotatable bonds is 10. The molecule has 0 N–H and O–H groups in total. The summed E-state index contributed by atoms with van der Waals surface area (Å²) in [5, 5.41) is 0. The molecule has 0 aromatic heterocycles. The number of ketones is 2. The third-order valence-corrected chi connectivity index (χ3v) is 5.17. The standard InChI is InChI=1S/C22H24O6S/c1-14(23)17-7-10-20(27-4)18(11-17)12-29-13-21(24)28-15(2)22(25)16-5-8-19(26-3)9-6-16/h5-11,15H,12-13H2,1-4H3/t15-/m1/s1. The molecule has 29 heavy (non-hydrogen) atoms. The molecule has 0 bridgehead atoms. The van der Waals surface area contributed by atoms with Gasteiger partial charge < -0.3 is 14.2 Å². The van der Waals surface area contributed by atoms with Crippen molar-refractivity contribution in [3.63, 3.8) is 0 Å². The van der Waals surface area contributed by atoms with Gasteiger partial charge in [0.1, 0.15) is 11.5 Å². The Bertz CT molecular complexity index is 875. The summed E-state index contributed by atoms with van der Waals surface area (Å²) in [7, 11) is 3.10. The van der Waals surface area contributed by atoms with Crippen LogP contribution in [0.3, 0.4) is 0 Å². The van der Waals surface area contributed by atoms with Crippen molar-refractivity contribution >= 4 is 29.3 Å². The lowest BCUT2D eigenvalue weighted by atomic mass is 10.1. The molecule has 1 atom stereocenters. The molecule has 0 saturated carbocycles. The number of hydrogen-bond donors (Lipinski definition) is 0. The predicted molar refractivity (Wildman–Crippen MR) is 112 cm³/mol. The predicted octanol–water partition coefficient (Wildman–Crippen LogP) is 3.95. The SMILES string of the molecule is COc1ccc(C(=O)[C@@H](C)OC(=O)CSCc2cc(C(C)=O)ccc2OC)cc1. The molecule has 0 radical (unpaired) electrons. The van der Waals surface area contributed by atoms with Crippen LogP contribution in [0, 0.1) is 0 Å². The lowest BCUT2D eigenvalue weighted by Crippen LogP contribution is -2.25. The van der Waals surface area contributed by atoms with Crippen LogP contribution in [0.4, 0.5) is 0 Å². The summed E-state index contributed by atoms with van der Waals surface area (Å²) in [6.45, 7) is 3.05. The van der Waals surface area contributed by atoms with Crippen molar-refractivity contribution in [3.05, 3.63) is 59.2 Å². The van der Waals surface area contributed by atoms with E-state index in [9.17, 15) is 14.4 Å². The molecule has 0 amide bonds. The first-order valence-corrected chi connectivity index (χ1v) is 10.1. The number of hydrogen-bond acceptors (Lipinski definition) is 7. The number of thioether (sulfide) groups is 1. The van der Waals surface area contributed by atoms with Crippen molar-refractivity contribution in [1.82, 2.24) is 0 Å². The molecule has 0 aliphatic rings. The zero-order valence-electron chi connectivity index (χ0n) is 16.9. The average molecular weight is 416 g/mol. The zero-order chi connectivity index (χ0) is 21.4. The van der Waals surface area contributed by atoms with Crippen LogP contribution in [0.25, 0.3) is 0 Å². The Labute approximate surface area is 174 Å². The minimum Gasteiger partial charge on any atom is -0.497 e. The van der Waals surface area contributed by atoms with E-state index >= 15 is 0 Å². The van der Waals surface area contributed by atoms with Gasteiger partial charge in [0.05, 0.1) is 20.0 Å². The topological polar surface area (TPSA) is 78.9 Å². The van der Waals surface area contributed by atoms with Gasteiger partial charge in [-0.2, -0.15) is 0 Å². The summed E-state index contributed by atoms with van der Waals surface area (Å²) in [6, 6.07) is 11.8. The van der Waals surface area contributed by atoms with Gasteiger partial charge in [-0.1, -0.05) is 0 Å². The minimum absolute atomic E-state index is 0.0378. The van der Waals surface area contributed by atoms with Crippen LogP contribution < -0.4 is 9.47 Å². The Morgan fingerprint density at radius 2 is 1.62 bits per heavy atom. The molecular weight excluding hydrogens is 392 g/mol. The third kappa shape index (κ3) is 6.35. The van der Waals surface area contributed by atoms with E-state index in [0.29, 0.717) is 28.4 Å². The fourth-order valence-corrected chi connectivity index (χ4v) is 3.41. The van der Waals surface area contributed by atoms with Gasteiger partial charge in [-0.25, -0.2) is 0 Å². The van der Waals surface area contributed by atoms with Crippen molar-refractivity contribution in [2.45, 2.75) is 25.7 Å². The number of methoxy groups -OCH3 is 2. The van der Waals surface area contributed by atoms with Crippen molar-refractivity contribution in [1.29, 1.82) is 0 Å². The van der Waals surface area contributed by atoms with Crippen molar-refractivity contribution in [3.8, 4) is 11.5 Å². The Kier molecular flexibility index (Phi) is 8.27. The Morgan fingerprint density at radius 3 is 2.21 bits per heavy atom. The quantitative estimate of drug-likeness (QED) is 0.428. The molecular formula is C22H24O6S. The summed E-state index contributed by atoms with van der Waals surface area (Å²) in [5.41, 5.74) is 1.85. The molecule has 2 aromatic rings. The van der Waals surface area contributed by atoms with E-state index in [1.165, 1.54) is 18.7 Å². The number of ether oxygens (including phenoxy) is 3. The summed E-state index contributed by atoms with van der Waals surface area (Å²) < 4.78 is 15.6. The van der Waals surface area contributed by atoms with Crippen molar-refractivity contribution in [2.24, 2.45) is 0 Å². The Hall–Kier alpha value is -2.80. The Morgan fingerprint density at radius 1 is 0.966 bits per heavy atom. The smallest absolute Gasteiger partial charge is 0.316 e. The lowest BCUT2D eigenvalue weighted by Gasteiger charge is -2.13. The van der Waals surface area contributed by atoms with Gasteiger partial charge in [0.25, 0.3) is 0 Å². The first-order chi connectivity index (χ1) is 13.8. The van der Waals surface area contributed by atoms with Crippen molar-refractivity contribution in [2.75, 3.05) is 20.0 Å². The van der Waals surface area contributed by atoms with Gasteiger partial charge in [-0.3, -0.25) is 14.4 Å². The fourth-order valence-electron chi connectivity index (χ4n) is 2.63. The summed E-state index contributed by atoms with van der Waals surface area (Å²) >= 11 is 1.33. The largest absolute Gasteiger partial charge is 0.497 e. The first kappa shape index (κ1) is 22.5. The van der Waals surface area contributed by atoms with Crippen LogP contribution in [0.2, 0.25) is 0 Å². The number of carbonyl (C=O) groups excluding carboxylic acids is 3. The van der Waals surface area contributed by atoms with Gasteiger partial charge in [0, 0.05) is 22.4 Å². The molecule has 2 aromatic carbocycles. The van der Waals surface area contributed by atoms with E-state index in [1.54, 1.807) is 63.6 Å². The van der Waals surface area contributed by atoms with E-state index in [2.05, 4.69) is 0 Å². The number of benzene rings is 2. The highest BCUT2D eigenvalue weighted by Crippen LogP contribution is 2.25. The number of Topliss-reactive ketones (excluding diaryl/α,β-unsaturated/α-hetero) is 2. The van der Waals surface area contributed by atoms with Gasteiger partial charge in [0.2, 0.25) is 5.78 Å². The van der Waals surface area contributed by atoms with Gasteiger partial charge >= 0.3 is 5.97 Å². The van der Waals surface area contributed by atoms with Crippen molar-refractivity contribution < 1.29 is 28.6 Å². The molecule has 6 nitrogen and oxygen atoms in total. The van der Waals surface area contributed by atoms with Gasteiger partial charge in [-0.05, 0) is 56.3 Å². The number of esters is 1. The normalized spacial score (nSPS) is 11.4. The van der Waals surface area contributed by atoms with Crippen LogP contribution >= 0.6 is 11.8 Å². The lowest BCUT2D eigenvalue weighted by molar-refractivity contribution is -0.143. The molecule has 7 heteroatoms. The van der Waals surface area contributed by atoms with Crippen LogP contribution in [-0.4, -0.2) is 43.6 Å². The van der Waals surface area contributed by atoms with E-state index in [0.717, 1.165) is 5.56 Å². The minimum atomic E-state index is -0.882. The summed E-state index contributed by atoms with van der Waals surface area (Å²) in [5.74, 6) is 1.05. The number of carbonyl (C=O) groups is 3. The summed E-state index contributed by atoms with van der Waals surface area (Å²) in [4.78, 5) is 36.1. The molecule has 0 aliphatic carbocycles. The maximum absolute atomic E-state index is 12.4. The molecule has 0 spiro atoms. The van der Waals surface area contributed by atoms with Gasteiger partial charge in [0.15, 0.2) is 11.9 Å². The highest BCUT2D eigenvalue weighted by molar-refractivity contribution is 7.99. The van der Waals surface area contributed by atoms with E-state index in [4.69, 9.17) is 14.2 Å². The van der Waals surface area contributed by atoms with E-state index in [1.807, 2.05) is 0 Å². The monoisotopic (exact) mass is 416 g/mol. The molecule has 0 unspecified atom stereocenters. The molecule has 2 rings (SSSR count). The highest BCUT2D eigenvalue weighted by Gasteiger charge is 2.19. The maximum atomic E-state index is 12.4. The molecule has 0 heterocycles. The average Bonchev–Trinajstić information content (AvgIpc) is 2.73. The summed E-state index contributed by atoms with van der Waals surface area (Å²) in [6.07, 6.45) is -0.882. The van der Waals surface area contributed by atoms with Crippen LogP contribution in [-0.2, 0) is 15.3 Å². The molecule has 0 saturated heterocycles. The second-order valence-electron chi connectivity index (χ2n) is 6.30. The van der Waals surface area contributed by atoms with Crippen LogP contribution in [0.5, 0.6) is 11.5 Å². The van der Waals surface area contributed by atoms with Crippen LogP contribution in [0.15, 0.2) is 42.5 Å². The first-order valence-electron chi connectivity index (χ1n) is 8.99. The van der Waals surface area contributed by atoms with E-state index < -0.39 is 12.1 Å². The molecule has 0 aliphatic heterocycles. The Balaban J connectivity index is 1.88. The zero-order valence-corrected chi connectivity index (χ0v) is 17.7. The maximum Gasteiger partial charge on any atom is 0.316 e. The molecule has 0 fully saturated rings. The highest BCUT2D eigenvalue weighted by atomic mass is 32.2. The van der Waals surface area contributed by atoms with Crippen LogP contribution in [0.1, 0.15) is 40.1 Å². The fraction of sp³-hybridized carbons (Fsp3) is 0.318. The second kappa shape index (κ2) is 10.7. The third-order valence-electron chi connectivity index (χ3n) is 4.22. The van der Waals surface area contributed by atoms with Gasteiger partial charge in [-0.15, -0.1) is 11.8 Å². The molecule has 154 valence electrons. The van der Waals surface area contributed by atoms with E-state index in [-0.39, 0.29) is 17.3 Å².